The molecular formula is C64H99N17O17. The maximum Gasteiger partial charge on any atom is 0.325 e. The largest absolute Gasteiger partial charge is 0.481 e. The second-order valence-corrected chi connectivity index (χ2v) is 24.5. The number of carboxylic acids is 2. The number of amides is 12. The summed E-state index contributed by atoms with van der Waals surface area (Å²) in [7, 11) is 0. The number of carboxylic acid groups (broad SMARTS) is 2. The van der Waals surface area contributed by atoms with Gasteiger partial charge in [-0.05, 0) is 94.1 Å². The van der Waals surface area contributed by atoms with Crippen LogP contribution in [0.1, 0.15) is 105 Å². The minimum Gasteiger partial charge on any atom is -0.481 e. The van der Waals surface area contributed by atoms with Crippen LogP contribution >= 0.6 is 0 Å². The van der Waals surface area contributed by atoms with Crippen LogP contribution in [-0.4, -0.2) is 208 Å². The van der Waals surface area contributed by atoms with E-state index in [1.165, 1.54) is 13.8 Å². The van der Waals surface area contributed by atoms with E-state index in [9.17, 15) is 82.4 Å². The van der Waals surface area contributed by atoms with Gasteiger partial charge in [-0.1, -0.05) is 96.5 Å². The molecule has 0 spiro atoms. The van der Waals surface area contributed by atoms with E-state index >= 15 is 0 Å². The molecule has 1 aromatic heterocycles. The summed E-state index contributed by atoms with van der Waals surface area (Å²) in [5, 5.41) is 59.8. The Morgan fingerprint density at radius 1 is 0.459 bits per heavy atom. The lowest BCUT2D eigenvalue weighted by atomic mass is 9.96. The molecule has 0 aliphatic rings. The molecule has 13 atom stereocenters. The first-order valence-corrected chi connectivity index (χ1v) is 32.4. The number of fused-ring (bicyclic) bond motifs is 1. The first kappa shape index (κ1) is 82.6. The van der Waals surface area contributed by atoms with Crippen LogP contribution in [-0.2, 0) is 80.0 Å². The fourth-order valence-corrected chi connectivity index (χ4v) is 9.80. The van der Waals surface area contributed by atoms with Gasteiger partial charge in [-0.15, -0.1) is 0 Å². The average Bonchev–Trinajstić information content (AvgIpc) is 1.64. The monoisotopic (exact) mass is 1380 g/mol. The Bertz CT molecular complexity index is 3220. The number of nitrogens with two attached hydrogens (primary N) is 4. The third kappa shape index (κ3) is 26.8. The van der Waals surface area contributed by atoms with Crippen molar-refractivity contribution in [2.75, 3.05) is 32.8 Å². The van der Waals surface area contributed by atoms with Gasteiger partial charge in [0.05, 0.1) is 19.2 Å². The smallest absolute Gasteiger partial charge is 0.325 e. The summed E-state index contributed by atoms with van der Waals surface area (Å²) in [6.07, 6.45) is -0.162. The Kier molecular flexibility index (Phi) is 34.9. The number of nitrogens with one attached hydrogen (secondary N) is 13. The molecule has 0 fully saturated rings. The van der Waals surface area contributed by atoms with E-state index in [1.54, 1.807) is 102 Å². The molecule has 2 aromatic carbocycles. The molecule has 12 amide bonds. The van der Waals surface area contributed by atoms with Crippen molar-refractivity contribution < 1.29 is 82.4 Å². The zero-order valence-electron chi connectivity index (χ0n) is 56.5. The molecule has 0 radical (unpaired) electrons. The van der Waals surface area contributed by atoms with Gasteiger partial charge in [0.15, 0.2) is 0 Å². The molecule has 24 N–H and O–H groups in total. The quantitative estimate of drug-likeness (QED) is 0.0253. The van der Waals surface area contributed by atoms with E-state index in [0.717, 1.165) is 0 Å². The predicted octanol–water partition coefficient (Wildman–Crippen LogP) is -4.88. The van der Waals surface area contributed by atoms with Crippen LogP contribution in [0.2, 0.25) is 0 Å². The molecule has 542 valence electrons. The number of aromatic nitrogens is 1. The van der Waals surface area contributed by atoms with Gasteiger partial charge in [-0.25, -0.2) is 0 Å². The topological polar surface area (TPSA) is 564 Å². The van der Waals surface area contributed by atoms with Crippen molar-refractivity contribution >= 4 is 93.7 Å². The van der Waals surface area contributed by atoms with E-state index in [-0.39, 0.29) is 57.7 Å². The van der Waals surface area contributed by atoms with Crippen molar-refractivity contribution in [2.24, 2.45) is 40.7 Å². The van der Waals surface area contributed by atoms with E-state index < -0.39 is 193 Å². The number of aromatic amines is 1. The molecule has 0 aliphatic heterocycles. The lowest BCUT2D eigenvalue weighted by Crippen LogP contribution is -2.61. The van der Waals surface area contributed by atoms with Crippen molar-refractivity contribution in [1.82, 2.24) is 68.8 Å². The van der Waals surface area contributed by atoms with Crippen LogP contribution in [0.3, 0.4) is 0 Å². The number of H-pyrrole nitrogens is 1. The number of hydrogen-bond acceptors (Lipinski definition) is 19. The average molecular weight is 1380 g/mol. The van der Waals surface area contributed by atoms with Gasteiger partial charge in [-0.3, -0.25) is 67.1 Å². The van der Waals surface area contributed by atoms with E-state index in [4.69, 9.17) is 22.9 Å². The maximum atomic E-state index is 14.5. The number of aliphatic carboxylic acids is 2. The first-order chi connectivity index (χ1) is 46.3. The highest BCUT2D eigenvalue weighted by Gasteiger charge is 2.37. The molecule has 34 nitrogen and oxygen atoms in total. The third-order valence-electron chi connectivity index (χ3n) is 16.0. The highest BCUT2D eigenvalue weighted by atomic mass is 16.4. The number of aliphatic hydroxyl groups is 1. The van der Waals surface area contributed by atoms with Gasteiger partial charge in [0.25, 0.3) is 0 Å². The van der Waals surface area contributed by atoms with Gasteiger partial charge >= 0.3 is 11.9 Å². The Balaban J connectivity index is 1.85. The van der Waals surface area contributed by atoms with Crippen molar-refractivity contribution in [2.45, 2.75) is 179 Å². The van der Waals surface area contributed by atoms with Gasteiger partial charge in [-0.2, -0.15) is 0 Å². The fraction of sp³-hybridized carbons (Fsp3) is 0.562. The van der Waals surface area contributed by atoms with Crippen LogP contribution in [0.5, 0.6) is 0 Å². The summed E-state index contributed by atoms with van der Waals surface area (Å²) in [5.41, 5.74) is 25.1. The second kappa shape index (κ2) is 41.5. The van der Waals surface area contributed by atoms with E-state index in [1.807, 2.05) is 0 Å². The molecule has 0 saturated carbocycles. The zero-order chi connectivity index (χ0) is 73.5. The molecule has 1 heterocycles. The van der Waals surface area contributed by atoms with Gasteiger partial charge < -0.3 is 107 Å². The molecule has 0 aliphatic carbocycles. The normalized spacial score (nSPS) is 15.2. The standard InChI is InChI=1S/C64H99N17O17/c1-9-34(6)52(63(96)72-36(8)64(97)98)81-62(95)51(33(4)5)80-57(90)41(19-20-49(84)85)75-59(92)45(27-37-15-11-10-12-16-37)78-56(89)44(23-26-67)76-55(88)43(22-25-66)74-53(86)35(7)71-58(91)46(28-38-29-69-40-18-14-13-17-39(38)40)79-60(93)47(31-82)73-48(83)30-70-54(87)42(21-24-65)77-61(94)50(68)32(2)3/h10-18,29,32-36,41-47,50-52,69,82H,9,19-28,30-31,65-68H2,1-8H3,(H,70,87)(H,71,91)(H,72,96)(H,73,83)(H,74,86)(H,75,92)(H,76,88)(H,77,94)(H,78,89)(H,79,93)(H,80,90)(H,81,95)(H,84,85)(H,97,98)/t34-,35-,36-,41-,42+,43-,44+,45-,46+,47+,50+,51-,52+/m0/s1. The lowest BCUT2D eigenvalue weighted by Gasteiger charge is -2.30. The summed E-state index contributed by atoms with van der Waals surface area (Å²) >= 11 is 0. The van der Waals surface area contributed by atoms with E-state index in [2.05, 4.69) is 68.8 Å². The zero-order valence-corrected chi connectivity index (χ0v) is 56.5. The summed E-state index contributed by atoms with van der Waals surface area (Å²) in [6.45, 7) is 10.3. The van der Waals surface area contributed by atoms with Crippen molar-refractivity contribution in [3.63, 3.8) is 0 Å². The minimum atomic E-state index is -1.69. The first-order valence-electron chi connectivity index (χ1n) is 32.4. The summed E-state index contributed by atoms with van der Waals surface area (Å²) in [5.74, 6) is -15.0. The molecule has 98 heavy (non-hydrogen) atoms. The molecule has 3 rings (SSSR count). The Hall–Kier alpha value is -9.64. The lowest BCUT2D eigenvalue weighted by molar-refractivity contribution is -0.142. The number of aliphatic hydroxyl groups excluding tert-OH is 1. The number of rotatable bonds is 43. The minimum absolute atomic E-state index is 0.00849. The van der Waals surface area contributed by atoms with Crippen LogP contribution in [0.4, 0.5) is 0 Å². The fourth-order valence-electron chi connectivity index (χ4n) is 9.80. The highest BCUT2D eigenvalue weighted by Crippen LogP contribution is 2.20. The van der Waals surface area contributed by atoms with Gasteiger partial charge in [0, 0.05) is 36.4 Å². The summed E-state index contributed by atoms with van der Waals surface area (Å²) in [4.78, 5) is 192. The number of carbonyl (C=O) groups excluding carboxylic acids is 12. The predicted molar refractivity (Wildman–Crippen MR) is 357 cm³/mol. The highest BCUT2D eigenvalue weighted by molar-refractivity contribution is 6.00. The summed E-state index contributed by atoms with van der Waals surface area (Å²) in [6, 6.07) is -1.66. The number of benzene rings is 2. The Labute approximate surface area is 567 Å². The van der Waals surface area contributed by atoms with Crippen LogP contribution in [0, 0.1) is 17.8 Å². The third-order valence-corrected chi connectivity index (χ3v) is 16.0. The number of para-hydroxylation sites is 1. The molecular weight excluding hydrogens is 1280 g/mol. The molecule has 3 aromatic rings. The summed E-state index contributed by atoms with van der Waals surface area (Å²) < 4.78 is 0. The Morgan fingerprint density at radius 3 is 1.44 bits per heavy atom. The van der Waals surface area contributed by atoms with Crippen LogP contribution in [0.15, 0.2) is 60.8 Å². The van der Waals surface area contributed by atoms with Crippen molar-refractivity contribution in [3.05, 3.63) is 71.9 Å². The van der Waals surface area contributed by atoms with Crippen molar-refractivity contribution in [1.29, 1.82) is 0 Å². The maximum absolute atomic E-state index is 14.5. The number of carbonyl (C=O) groups is 14. The second-order valence-electron chi connectivity index (χ2n) is 24.5. The molecule has 0 bridgehead atoms. The Morgan fingerprint density at radius 2 is 0.908 bits per heavy atom. The SMILES string of the molecule is CC[C@H](C)[C@@H](NC(=O)[C@@H](NC(=O)[C@H](CCC(=O)O)NC(=O)[C@H](Cc1ccccc1)NC(=O)[C@@H](CCN)NC(=O)[C@H](CCN)NC(=O)[C@H](C)NC(=O)[C@@H](Cc1c[nH]c2ccccc12)NC(=O)[C@@H](CO)NC(=O)CNC(=O)[C@@H](CCN)NC(=O)[C@H](N)C(C)C)C(C)C)C(=O)N[C@@H](C)C(=O)O. The molecule has 34 heteroatoms. The van der Waals surface area contributed by atoms with Gasteiger partial charge in [0.1, 0.15) is 66.5 Å². The van der Waals surface area contributed by atoms with E-state index in [0.29, 0.717) is 28.5 Å². The molecule has 0 unspecified atom stereocenters. The van der Waals surface area contributed by atoms with Crippen molar-refractivity contribution in [3.8, 4) is 0 Å². The van der Waals surface area contributed by atoms with Crippen LogP contribution in [0.25, 0.3) is 10.9 Å². The van der Waals surface area contributed by atoms with Gasteiger partial charge in [0.2, 0.25) is 70.9 Å². The number of hydrogen-bond donors (Lipinski definition) is 20. The van der Waals surface area contributed by atoms with Crippen LogP contribution < -0.4 is 86.7 Å². The molecule has 0 saturated heterocycles.